The Bertz CT molecular complexity index is 310. The maximum atomic E-state index is 5.65. The molecule has 0 saturated heterocycles. The Morgan fingerprint density at radius 2 is 2.25 bits per heavy atom. The lowest BCUT2D eigenvalue weighted by atomic mass is 10.2. The lowest BCUT2D eigenvalue weighted by Gasteiger charge is -2.09. The van der Waals surface area contributed by atoms with Gasteiger partial charge in [-0.3, -0.25) is 4.68 Å². The molecular weight excluding hydrogens is 268 g/mol. The minimum absolute atomic E-state index is 0.575. The smallest absolute Gasteiger partial charge is 0.0896 e. The topological polar surface area (TPSA) is 27.1 Å². The predicted octanol–water partition coefficient (Wildman–Crippen LogP) is 3.62. The first-order chi connectivity index (χ1) is 7.65. The number of unbranched alkanes of at least 4 members (excludes halogenated alkanes) is 1. The van der Waals surface area contributed by atoms with Gasteiger partial charge in [-0.2, -0.15) is 5.10 Å². The summed E-state index contributed by atoms with van der Waals surface area (Å²) in [4.78, 5) is 0. The van der Waals surface area contributed by atoms with E-state index in [0.29, 0.717) is 12.5 Å². The van der Waals surface area contributed by atoms with Crippen molar-refractivity contribution in [1.29, 1.82) is 0 Å². The molecule has 1 rings (SSSR count). The van der Waals surface area contributed by atoms with E-state index in [1.807, 2.05) is 10.9 Å². The van der Waals surface area contributed by atoms with Crippen LogP contribution in [0.1, 0.15) is 39.3 Å². The Morgan fingerprint density at radius 1 is 1.50 bits per heavy atom. The molecule has 0 aliphatic rings. The van der Waals surface area contributed by atoms with E-state index >= 15 is 0 Å². The van der Waals surface area contributed by atoms with E-state index in [9.17, 15) is 0 Å². The molecule has 0 atom stereocenters. The fraction of sp³-hybridized carbons (Fsp3) is 0.750. The highest BCUT2D eigenvalue weighted by atomic mass is 79.9. The van der Waals surface area contributed by atoms with Gasteiger partial charge in [0, 0.05) is 13.2 Å². The number of ether oxygens (including phenoxy) is 1. The summed E-state index contributed by atoms with van der Waals surface area (Å²) in [6.07, 6.45) is 4.19. The summed E-state index contributed by atoms with van der Waals surface area (Å²) >= 11 is 3.51. The molecule has 0 amide bonds. The lowest BCUT2D eigenvalue weighted by Crippen LogP contribution is -2.09. The molecule has 0 bridgehead atoms. The van der Waals surface area contributed by atoms with E-state index in [-0.39, 0.29) is 0 Å². The molecular formula is C12H21BrN2O. The second kappa shape index (κ2) is 7.07. The standard InChI is InChI=1S/C12H21BrN2O/c1-4-5-6-15-12(11(13)7-14-15)9-16-8-10(2)3/h7,10H,4-6,8-9H2,1-3H3. The van der Waals surface area contributed by atoms with Crippen LogP contribution in [0.5, 0.6) is 0 Å². The Labute approximate surface area is 106 Å². The van der Waals surface area contributed by atoms with Crippen LogP contribution < -0.4 is 0 Å². The van der Waals surface area contributed by atoms with Gasteiger partial charge in [-0.25, -0.2) is 0 Å². The maximum Gasteiger partial charge on any atom is 0.0896 e. The van der Waals surface area contributed by atoms with Crippen LogP contribution in [0.2, 0.25) is 0 Å². The largest absolute Gasteiger partial charge is 0.375 e. The third kappa shape index (κ3) is 4.26. The first-order valence-electron chi connectivity index (χ1n) is 5.93. The Morgan fingerprint density at radius 3 is 2.88 bits per heavy atom. The van der Waals surface area contributed by atoms with Crippen LogP contribution in [-0.4, -0.2) is 16.4 Å². The Hall–Kier alpha value is -0.350. The van der Waals surface area contributed by atoms with Crippen molar-refractivity contribution in [3.8, 4) is 0 Å². The zero-order valence-electron chi connectivity index (χ0n) is 10.4. The summed E-state index contributed by atoms with van der Waals surface area (Å²) in [5, 5.41) is 4.34. The number of nitrogens with zero attached hydrogens (tertiary/aromatic N) is 2. The quantitative estimate of drug-likeness (QED) is 0.766. The summed E-state index contributed by atoms with van der Waals surface area (Å²) < 4.78 is 8.73. The van der Waals surface area contributed by atoms with Crippen molar-refractivity contribution < 1.29 is 4.74 Å². The summed E-state index contributed by atoms with van der Waals surface area (Å²) in [5.41, 5.74) is 1.15. The van der Waals surface area contributed by atoms with Crippen LogP contribution in [0.4, 0.5) is 0 Å². The van der Waals surface area contributed by atoms with Crippen molar-refractivity contribution >= 4 is 15.9 Å². The van der Waals surface area contributed by atoms with Crippen molar-refractivity contribution in [3.05, 3.63) is 16.4 Å². The van der Waals surface area contributed by atoms with Crippen molar-refractivity contribution in [1.82, 2.24) is 9.78 Å². The number of hydrogen-bond acceptors (Lipinski definition) is 2. The zero-order valence-corrected chi connectivity index (χ0v) is 12.0. The van der Waals surface area contributed by atoms with Crippen LogP contribution >= 0.6 is 15.9 Å². The molecule has 0 unspecified atom stereocenters. The number of aryl methyl sites for hydroxylation is 1. The third-order valence-electron chi connectivity index (χ3n) is 2.31. The molecule has 0 N–H and O–H groups in total. The highest BCUT2D eigenvalue weighted by molar-refractivity contribution is 9.10. The zero-order chi connectivity index (χ0) is 12.0. The predicted molar refractivity (Wildman–Crippen MR) is 69.3 cm³/mol. The van der Waals surface area contributed by atoms with Crippen LogP contribution in [0.15, 0.2) is 10.7 Å². The molecule has 0 saturated carbocycles. The van der Waals surface area contributed by atoms with E-state index in [0.717, 1.165) is 29.7 Å². The van der Waals surface area contributed by atoms with Gasteiger partial charge in [-0.05, 0) is 28.3 Å². The van der Waals surface area contributed by atoms with E-state index in [1.165, 1.54) is 6.42 Å². The lowest BCUT2D eigenvalue weighted by molar-refractivity contribution is 0.0914. The van der Waals surface area contributed by atoms with Gasteiger partial charge in [-0.15, -0.1) is 0 Å². The van der Waals surface area contributed by atoms with Crippen molar-refractivity contribution in [3.63, 3.8) is 0 Å². The second-order valence-electron chi connectivity index (χ2n) is 4.42. The van der Waals surface area contributed by atoms with E-state index in [2.05, 4.69) is 41.8 Å². The average molecular weight is 289 g/mol. The maximum absolute atomic E-state index is 5.65. The summed E-state index contributed by atoms with van der Waals surface area (Å²) in [6.45, 7) is 8.91. The summed E-state index contributed by atoms with van der Waals surface area (Å²) in [7, 11) is 0. The molecule has 1 aromatic rings. The second-order valence-corrected chi connectivity index (χ2v) is 5.28. The molecule has 92 valence electrons. The molecule has 3 nitrogen and oxygen atoms in total. The molecule has 1 aromatic heterocycles. The van der Waals surface area contributed by atoms with Gasteiger partial charge in [0.1, 0.15) is 0 Å². The SMILES string of the molecule is CCCCn1ncc(Br)c1COCC(C)C. The fourth-order valence-corrected chi connectivity index (χ4v) is 1.83. The highest BCUT2D eigenvalue weighted by Crippen LogP contribution is 2.17. The Balaban J connectivity index is 2.52. The van der Waals surface area contributed by atoms with E-state index in [4.69, 9.17) is 4.74 Å². The van der Waals surface area contributed by atoms with Gasteiger partial charge in [0.15, 0.2) is 0 Å². The molecule has 0 radical (unpaired) electrons. The normalized spacial score (nSPS) is 11.3. The van der Waals surface area contributed by atoms with Gasteiger partial charge < -0.3 is 4.74 Å². The van der Waals surface area contributed by atoms with Gasteiger partial charge >= 0.3 is 0 Å². The van der Waals surface area contributed by atoms with Gasteiger partial charge in [-0.1, -0.05) is 27.2 Å². The summed E-state index contributed by atoms with van der Waals surface area (Å²) in [5.74, 6) is 0.575. The van der Waals surface area contributed by atoms with Crippen molar-refractivity contribution in [2.24, 2.45) is 5.92 Å². The van der Waals surface area contributed by atoms with Gasteiger partial charge in [0.2, 0.25) is 0 Å². The number of halogens is 1. The minimum Gasteiger partial charge on any atom is -0.375 e. The molecule has 1 heterocycles. The van der Waals surface area contributed by atoms with Crippen molar-refractivity contribution in [2.75, 3.05) is 6.61 Å². The highest BCUT2D eigenvalue weighted by Gasteiger charge is 2.08. The Kier molecular flexibility index (Phi) is 6.06. The van der Waals surface area contributed by atoms with E-state index in [1.54, 1.807) is 0 Å². The van der Waals surface area contributed by atoms with Crippen LogP contribution in [0.25, 0.3) is 0 Å². The molecule has 16 heavy (non-hydrogen) atoms. The third-order valence-corrected chi connectivity index (χ3v) is 2.97. The molecule has 0 fully saturated rings. The van der Waals surface area contributed by atoms with Gasteiger partial charge in [0.25, 0.3) is 0 Å². The van der Waals surface area contributed by atoms with Crippen LogP contribution in [0.3, 0.4) is 0 Å². The molecule has 0 spiro atoms. The molecule has 0 aliphatic carbocycles. The fourth-order valence-electron chi connectivity index (χ4n) is 1.42. The van der Waals surface area contributed by atoms with Crippen molar-refractivity contribution in [2.45, 2.75) is 46.8 Å². The van der Waals surface area contributed by atoms with Gasteiger partial charge in [0.05, 0.1) is 23.0 Å². The summed E-state index contributed by atoms with van der Waals surface area (Å²) in [6, 6.07) is 0. The number of rotatable bonds is 7. The molecule has 0 aromatic carbocycles. The van der Waals surface area contributed by atoms with E-state index < -0.39 is 0 Å². The van der Waals surface area contributed by atoms with Crippen LogP contribution in [-0.2, 0) is 17.9 Å². The first kappa shape index (κ1) is 13.7. The number of aromatic nitrogens is 2. The average Bonchev–Trinajstić information content (AvgIpc) is 2.57. The number of hydrogen-bond donors (Lipinski definition) is 0. The minimum atomic E-state index is 0.575. The van der Waals surface area contributed by atoms with Crippen LogP contribution in [0, 0.1) is 5.92 Å². The molecule has 4 heteroatoms. The monoisotopic (exact) mass is 288 g/mol. The molecule has 0 aliphatic heterocycles. The first-order valence-corrected chi connectivity index (χ1v) is 6.72.